The lowest BCUT2D eigenvalue weighted by Gasteiger charge is -2.36. The van der Waals surface area contributed by atoms with Gasteiger partial charge in [0.25, 0.3) is 5.91 Å². The summed E-state index contributed by atoms with van der Waals surface area (Å²) in [5.41, 5.74) is 1.16. The summed E-state index contributed by atoms with van der Waals surface area (Å²) in [6.45, 7) is 3.41. The van der Waals surface area contributed by atoms with Crippen LogP contribution in [0.4, 0.5) is 15.8 Å². The molecule has 3 rings (SSSR count). The second-order valence-corrected chi connectivity index (χ2v) is 6.34. The van der Waals surface area contributed by atoms with Crippen molar-refractivity contribution in [1.29, 1.82) is 0 Å². The summed E-state index contributed by atoms with van der Waals surface area (Å²) in [5.74, 6) is -0.454. The van der Waals surface area contributed by atoms with Gasteiger partial charge in [0.1, 0.15) is 5.82 Å². The number of carbonyl (C=O) groups is 1. The van der Waals surface area contributed by atoms with Crippen molar-refractivity contribution in [3.63, 3.8) is 0 Å². The van der Waals surface area contributed by atoms with Crippen LogP contribution in [0, 0.1) is 22.9 Å². The first-order valence-corrected chi connectivity index (χ1v) is 8.61. The van der Waals surface area contributed by atoms with Crippen LogP contribution in [0.15, 0.2) is 42.5 Å². The largest absolute Gasteiger partial charge is 0.477 e. The van der Waals surface area contributed by atoms with Crippen LogP contribution in [-0.4, -0.2) is 48.5 Å². The van der Waals surface area contributed by atoms with E-state index in [9.17, 15) is 19.3 Å². The van der Waals surface area contributed by atoms with Crippen LogP contribution < -0.4 is 9.64 Å². The number of ether oxygens (including phenoxy) is 1. The number of piperazine rings is 1. The van der Waals surface area contributed by atoms with Gasteiger partial charge in [0.05, 0.1) is 10.6 Å². The molecule has 27 heavy (non-hydrogen) atoms. The minimum absolute atomic E-state index is 0.0818. The molecular formula is C19H20FN3O4. The highest BCUT2D eigenvalue weighted by atomic mass is 19.1. The zero-order valence-corrected chi connectivity index (χ0v) is 14.9. The standard InChI is InChI=1S/C19H20FN3O4/c1-14-6-7-17(23(25)26)18(12-14)27-13-19(24)22-10-8-21(9-11-22)16-5-3-2-4-15(16)20/h2-7,12H,8-11,13H2,1H3. The van der Waals surface area contributed by atoms with E-state index in [1.807, 2.05) is 4.90 Å². The number of carbonyl (C=O) groups excluding carboxylic acids is 1. The Morgan fingerprint density at radius 1 is 1.19 bits per heavy atom. The number of para-hydroxylation sites is 1. The smallest absolute Gasteiger partial charge is 0.310 e. The molecule has 1 saturated heterocycles. The summed E-state index contributed by atoms with van der Waals surface area (Å²) in [4.78, 5) is 26.4. The molecule has 2 aromatic carbocycles. The number of nitrogens with zero attached hydrogens (tertiary/aromatic N) is 3. The van der Waals surface area contributed by atoms with E-state index in [0.29, 0.717) is 31.9 Å². The van der Waals surface area contributed by atoms with Crippen LogP contribution in [0.5, 0.6) is 5.75 Å². The molecule has 0 N–H and O–H groups in total. The molecule has 1 fully saturated rings. The van der Waals surface area contributed by atoms with Gasteiger partial charge in [-0.3, -0.25) is 14.9 Å². The Bertz CT molecular complexity index is 851. The SMILES string of the molecule is Cc1ccc([N+](=O)[O-])c(OCC(=O)N2CCN(c3ccccc3F)CC2)c1. The average molecular weight is 373 g/mol. The van der Waals surface area contributed by atoms with Crippen molar-refractivity contribution in [2.24, 2.45) is 0 Å². The third-order valence-electron chi connectivity index (χ3n) is 4.49. The monoisotopic (exact) mass is 373 g/mol. The first-order valence-electron chi connectivity index (χ1n) is 8.61. The molecule has 0 bridgehead atoms. The van der Waals surface area contributed by atoms with Gasteiger partial charge in [0.15, 0.2) is 12.4 Å². The van der Waals surface area contributed by atoms with Crippen LogP contribution in [0.1, 0.15) is 5.56 Å². The van der Waals surface area contributed by atoms with Crippen molar-refractivity contribution in [3.8, 4) is 5.75 Å². The van der Waals surface area contributed by atoms with E-state index in [1.54, 1.807) is 42.2 Å². The molecule has 1 aliphatic rings. The number of aryl methyl sites for hydroxylation is 1. The van der Waals surface area contributed by atoms with Crippen molar-refractivity contribution in [2.45, 2.75) is 6.92 Å². The predicted octanol–water partition coefficient (Wildman–Crippen LogP) is 2.77. The quantitative estimate of drug-likeness (QED) is 0.595. The van der Waals surface area contributed by atoms with E-state index in [4.69, 9.17) is 4.74 Å². The minimum Gasteiger partial charge on any atom is -0.477 e. The summed E-state index contributed by atoms with van der Waals surface area (Å²) in [5, 5.41) is 11.1. The maximum Gasteiger partial charge on any atom is 0.310 e. The second kappa shape index (κ2) is 8.03. The summed E-state index contributed by atoms with van der Waals surface area (Å²) in [6, 6.07) is 11.1. The number of anilines is 1. The number of rotatable bonds is 5. The molecular weight excluding hydrogens is 353 g/mol. The van der Waals surface area contributed by atoms with Crippen LogP contribution in [0.3, 0.4) is 0 Å². The molecule has 142 valence electrons. The van der Waals surface area contributed by atoms with Crippen LogP contribution in [0.2, 0.25) is 0 Å². The van der Waals surface area contributed by atoms with Crippen LogP contribution in [0.25, 0.3) is 0 Å². The summed E-state index contributed by atoms with van der Waals surface area (Å²) in [7, 11) is 0. The van der Waals surface area contributed by atoms with Crippen LogP contribution in [-0.2, 0) is 4.79 Å². The lowest BCUT2D eigenvalue weighted by Crippen LogP contribution is -2.50. The minimum atomic E-state index is -0.535. The Kier molecular flexibility index (Phi) is 5.54. The van der Waals surface area contributed by atoms with E-state index in [-0.39, 0.29) is 29.8 Å². The van der Waals surface area contributed by atoms with Gasteiger partial charge in [-0.2, -0.15) is 0 Å². The predicted molar refractivity (Wildman–Crippen MR) is 98.5 cm³/mol. The molecule has 0 aliphatic carbocycles. The first-order chi connectivity index (χ1) is 13.0. The van der Waals surface area contributed by atoms with E-state index < -0.39 is 4.92 Å². The van der Waals surface area contributed by atoms with Crippen LogP contribution >= 0.6 is 0 Å². The van der Waals surface area contributed by atoms with E-state index in [2.05, 4.69) is 0 Å². The molecule has 0 saturated carbocycles. The van der Waals surface area contributed by atoms with Gasteiger partial charge in [-0.05, 0) is 30.7 Å². The number of benzene rings is 2. The molecule has 0 atom stereocenters. The van der Waals surface area contributed by atoms with Gasteiger partial charge in [-0.15, -0.1) is 0 Å². The number of halogens is 1. The number of nitro groups is 1. The molecule has 2 aromatic rings. The van der Waals surface area contributed by atoms with Crippen molar-refractivity contribution in [3.05, 3.63) is 64.0 Å². The van der Waals surface area contributed by atoms with Gasteiger partial charge in [0.2, 0.25) is 0 Å². The lowest BCUT2D eigenvalue weighted by atomic mass is 10.2. The van der Waals surface area contributed by atoms with E-state index in [0.717, 1.165) is 5.56 Å². The van der Waals surface area contributed by atoms with Gasteiger partial charge in [-0.1, -0.05) is 18.2 Å². The average Bonchev–Trinajstić information content (AvgIpc) is 2.66. The Morgan fingerprint density at radius 2 is 1.89 bits per heavy atom. The van der Waals surface area contributed by atoms with E-state index in [1.165, 1.54) is 12.1 Å². The lowest BCUT2D eigenvalue weighted by molar-refractivity contribution is -0.385. The van der Waals surface area contributed by atoms with Crippen molar-refractivity contribution in [2.75, 3.05) is 37.7 Å². The van der Waals surface area contributed by atoms with Crippen molar-refractivity contribution >= 4 is 17.3 Å². The van der Waals surface area contributed by atoms with Gasteiger partial charge in [-0.25, -0.2) is 4.39 Å². The summed E-state index contributed by atoms with van der Waals surface area (Å²) >= 11 is 0. The molecule has 0 aromatic heterocycles. The zero-order chi connectivity index (χ0) is 19.4. The molecule has 1 aliphatic heterocycles. The molecule has 0 radical (unpaired) electrons. The van der Waals surface area contributed by atoms with Gasteiger partial charge in [0, 0.05) is 32.2 Å². The molecule has 1 amide bonds. The molecule has 8 heteroatoms. The summed E-state index contributed by atoms with van der Waals surface area (Å²) in [6.07, 6.45) is 0. The fraction of sp³-hybridized carbons (Fsp3) is 0.316. The number of amides is 1. The number of hydrogen-bond acceptors (Lipinski definition) is 5. The summed E-state index contributed by atoms with van der Waals surface area (Å²) < 4.78 is 19.3. The maximum absolute atomic E-state index is 13.9. The highest BCUT2D eigenvalue weighted by Crippen LogP contribution is 2.28. The maximum atomic E-state index is 13.9. The Morgan fingerprint density at radius 3 is 2.56 bits per heavy atom. The highest BCUT2D eigenvalue weighted by Gasteiger charge is 2.24. The number of hydrogen-bond donors (Lipinski definition) is 0. The van der Waals surface area contributed by atoms with Gasteiger partial charge >= 0.3 is 5.69 Å². The zero-order valence-electron chi connectivity index (χ0n) is 14.9. The normalized spacial score (nSPS) is 14.1. The Labute approximate surface area is 156 Å². The first kappa shape index (κ1) is 18.6. The molecule has 7 nitrogen and oxygen atoms in total. The molecule has 1 heterocycles. The Hall–Kier alpha value is -3.16. The molecule has 0 unspecified atom stereocenters. The second-order valence-electron chi connectivity index (χ2n) is 6.34. The topological polar surface area (TPSA) is 75.9 Å². The van der Waals surface area contributed by atoms with Crippen molar-refractivity contribution in [1.82, 2.24) is 4.90 Å². The Balaban J connectivity index is 1.57. The highest BCUT2D eigenvalue weighted by molar-refractivity contribution is 5.78. The van der Waals surface area contributed by atoms with Gasteiger partial charge < -0.3 is 14.5 Å². The van der Waals surface area contributed by atoms with Crippen molar-refractivity contribution < 1.29 is 18.8 Å². The van der Waals surface area contributed by atoms with E-state index >= 15 is 0 Å². The fourth-order valence-corrected chi connectivity index (χ4v) is 3.02. The molecule has 0 spiro atoms. The third-order valence-corrected chi connectivity index (χ3v) is 4.49. The number of nitro benzene ring substituents is 1. The fourth-order valence-electron chi connectivity index (χ4n) is 3.02. The third kappa shape index (κ3) is 4.33.